The molecular weight excluding hydrogens is 448 g/mol. The van der Waals surface area contributed by atoms with Crippen LogP contribution in [0.1, 0.15) is 57.7 Å². The molecule has 0 aromatic carbocycles. The number of pyridine rings is 1. The molecule has 192 valence electrons. The van der Waals surface area contributed by atoms with E-state index in [4.69, 9.17) is 4.74 Å². The zero-order chi connectivity index (χ0) is 25.7. The maximum absolute atomic E-state index is 11.2. The largest absolute Gasteiger partial charge is 0.388 e. The quantitative estimate of drug-likeness (QED) is 0.651. The lowest BCUT2D eigenvalue weighted by molar-refractivity contribution is -0.171. The highest BCUT2D eigenvalue weighted by atomic mass is 16.5. The number of aliphatic hydroxyl groups excluding tert-OH is 2. The molecule has 5 nitrogen and oxygen atoms in total. The molecule has 0 amide bonds. The number of aromatic nitrogens is 1. The molecule has 2 N–H and O–H groups in total. The number of allylic oxidation sites excluding steroid dienone is 4. The molecule has 1 aromatic heterocycles. The molecule has 2 fully saturated rings. The molecule has 2 aliphatic heterocycles. The average molecular weight is 489 g/mol. The normalized spacial score (nSPS) is 42.5. The van der Waals surface area contributed by atoms with Gasteiger partial charge in [-0.05, 0) is 80.5 Å². The molecule has 2 spiro atoms. The predicted molar refractivity (Wildman–Crippen MR) is 142 cm³/mol. The smallest absolute Gasteiger partial charge is 0.105 e. The number of ether oxygens (including phenoxy) is 1. The molecule has 3 aliphatic carbocycles. The fraction of sp³-hybridized carbons (Fsp3) is 0.581. The monoisotopic (exact) mass is 488 g/mol. The van der Waals surface area contributed by atoms with Crippen molar-refractivity contribution in [3.05, 3.63) is 70.6 Å². The molecule has 1 unspecified atom stereocenters. The van der Waals surface area contributed by atoms with E-state index in [0.717, 1.165) is 36.1 Å². The van der Waals surface area contributed by atoms with Crippen LogP contribution >= 0.6 is 0 Å². The first-order valence-electron chi connectivity index (χ1n) is 13.4. The highest BCUT2D eigenvalue weighted by molar-refractivity contribution is 5.59. The number of nitrogens with zero attached hydrogens (tertiary/aromatic N) is 2. The Kier molecular flexibility index (Phi) is 5.22. The maximum atomic E-state index is 11.2. The van der Waals surface area contributed by atoms with Gasteiger partial charge in [0.1, 0.15) is 6.10 Å². The van der Waals surface area contributed by atoms with Crippen molar-refractivity contribution in [2.24, 2.45) is 16.7 Å². The van der Waals surface area contributed by atoms with Gasteiger partial charge in [-0.1, -0.05) is 57.2 Å². The van der Waals surface area contributed by atoms with Crippen LogP contribution in [0.2, 0.25) is 0 Å². The molecule has 36 heavy (non-hydrogen) atoms. The summed E-state index contributed by atoms with van der Waals surface area (Å²) in [7, 11) is 3.96. The summed E-state index contributed by atoms with van der Waals surface area (Å²) in [5.74, 6) is 0.314. The first-order chi connectivity index (χ1) is 17.0. The molecule has 1 aromatic rings. The minimum absolute atomic E-state index is 0.0896. The molecule has 7 atom stereocenters. The van der Waals surface area contributed by atoms with E-state index in [1.54, 1.807) is 0 Å². The molecule has 5 aliphatic rings. The number of hydrogen-bond acceptors (Lipinski definition) is 5. The second-order valence-electron chi connectivity index (χ2n) is 12.7. The second-order valence-corrected chi connectivity index (χ2v) is 12.7. The Bertz CT molecular complexity index is 1230. The highest BCUT2D eigenvalue weighted by Gasteiger charge is 2.69. The van der Waals surface area contributed by atoms with Crippen LogP contribution in [-0.2, 0) is 4.74 Å². The van der Waals surface area contributed by atoms with E-state index in [9.17, 15) is 10.2 Å². The standard InChI is InChI=1S/C31H40N2O3/c1-19-20(8-7-15-32-19)9-10-21-11-12-25-29(21,4)28(2,3)17-22-16-23-26(34)27(35)24(33(5)6)18-30(23)13-14-31(22,25)36-30/h7-11,15-17,24-27,34-35H,12-14,18H2,1-6H3/b10-9+/t24-,25?,26+,27+,29+,30+,31+/m0/s1. The van der Waals surface area contributed by atoms with Crippen LogP contribution in [0.3, 0.4) is 0 Å². The maximum Gasteiger partial charge on any atom is 0.105 e. The fourth-order valence-corrected chi connectivity index (χ4v) is 8.24. The summed E-state index contributed by atoms with van der Waals surface area (Å²) in [5, 5.41) is 22.2. The SMILES string of the molecule is Cc1ncccc1/C=C/C1=CCC2[C@@]34CC[C@]5(C[C@H](N(C)C)[C@@H](O)[C@H](O)C5=CC3=CC(C)(C)[C@]12C)O4. The average Bonchev–Trinajstić information content (AvgIpc) is 3.34. The van der Waals surface area contributed by atoms with E-state index in [-0.39, 0.29) is 22.5 Å². The fourth-order valence-electron chi connectivity index (χ4n) is 8.24. The van der Waals surface area contributed by atoms with Gasteiger partial charge in [-0.25, -0.2) is 0 Å². The van der Waals surface area contributed by atoms with Crippen LogP contribution in [-0.4, -0.2) is 63.6 Å². The molecule has 1 saturated carbocycles. The number of aliphatic hydroxyl groups is 2. The van der Waals surface area contributed by atoms with E-state index in [1.807, 2.05) is 31.3 Å². The molecule has 2 bridgehead atoms. The van der Waals surface area contributed by atoms with Crippen LogP contribution in [0, 0.1) is 23.7 Å². The van der Waals surface area contributed by atoms with Gasteiger partial charge in [0, 0.05) is 29.3 Å². The lowest BCUT2D eigenvalue weighted by Crippen LogP contribution is -2.63. The molecule has 0 radical (unpaired) electrons. The van der Waals surface area contributed by atoms with Gasteiger partial charge in [-0.15, -0.1) is 0 Å². The Hall–Kier alpha value is -2.05. The van der Waals surface area contributed by atoms with E-state index in [0.29, 0.717) is 12.3 Å². The van der Waals surface area contributed by atoms with Gasteiger partial charge < -0.3 is 19.8 Å². The number of rotatable bonds is 3. The van der Waals surface area contributed by atoms with Gasteiger partial charge in [0.25, 0.3) is 0 Å². The molecular formula is C31H40N2O3. The Morgan fingerprint density at radius 1 is 1.14 bits per heavy atom. The number of fused-ring (bicyclic) bond motifs is 1. The van der Waals surface area contributed by atoms with E-state index in [2.05, 4.69) is 69.1 Å². The van der Waals surface area contributed by atoms with Crippen LogP contribution < -0.4 is 0 Å². The lowest BCUT2D eigenvalue weighted by atomic mass is 9.49. The third-order valence-corrected chi connectivity index (χ3v) is 10.6. The van der Waals surface area contributed by atoms with Gasteiger partial charge >= 0.3 is 0 Å². The van der Waals surface area contributed by atoms with Crippen molar-refractivity contribution in [1.82, 2.24) is 9.88 Å². The van der Waals surface area contributed by atoms with Crippen molar-refractivity contribution >= 4 is 6.08 Å². The van der Waals surface area contributed by atoms with Crippen molar-refractivity contribution in [3.63, 3.8) is 0 Å². The van der Waals surface area contributed by atoms with Crippen molar-refractivity contribution in [2.45, 2.75) is 82.8 Å². The summed E-state index contributed by atoms with van der Waals surface area (Å²) < 4.78 is 7.28. The molecule has 1 saturated heterocycles. The van der Waals surface area contributed by atoms with Crippen molar-refractivity contribution < 1.29 is 14.9 Å². The first kappa shape index (κ1) is 24.3. The summed E-state index contributed by atoms with van der Waals surface area (Å²) in [6.45, 7) is 9.16. The predicted octanol–water partition coefficient (Wildman–Crippen LogP) is 4.61. The highest BCUT2D eigenvalue weighted by Crippen LogP contribution is 2.70. The summed E-state index contributed by atoms with van der Waals surface area (Å²) in [4.78, 5) is 6.49. The zero-order valence-electron chi connectivity index (χ0n) is 22.5. The Morgan fingerprint density at radius 3 is 2.64 bits per heavy atom. The van der Waals surface area contributed by atoms with Gasteiger partial charge in [0.15, 0.2) is 0 Å². The van der Waals surface area contributed by atoms with Gasteiger partial charge in [-0.2, -0.15) is 0 Å². The minimum atomic E-state index is -0.900. The second kappa shape index (κ2) is 7.73. The molecule has 6 rings (SSSR count). The molecule has 3 heterocycles. The van der Waals surface area contributed by atoms with Gasteiger partial charge in [0.05, 0.1) is 17.3 Å². The Morgan fingerprint density at radius 2 is 1.92 bits per heavy atom. The van der Waals surface area contributed by atoms with Crippen LogP contribution in [0.15, 0.2) is 59.4 Å². The summed E-state index contributed by atoms with van der Waals surface area (Å²) in [6, 6.07) is 3.98. The van der Waals surface area contributed by atoms with E-state index < -0.39 is 17.8 Å². The summed E-state index contributed by atoms with van der Waals surface area (Å²) >= 11 is 0. The number of aryl methyl sites for hydroxylation is 1. The van der Waals surface area contributed by atoms with E-state index >= 15 is 0 Å². The van der Waals surface area contributed by atoms with E-state index in [1.165, 1.54) is 11.1 Å². The summed E-state index contributed by atoms with van der Waals surface area (Å²) in [6.07, 6.45) is 15.2. The Balaban J connectivity index is 1.43. The van der Waals surface area contributed by atoms with Gasteiger partial charge in [0.2, 0.25) is 0 Å². The lowest BCUT2D eigenvalue weighted by Gasteiger charge is -2.60. The minimum Gasteiger partial charge on any atom is -0.388 e. The molecule has 5 heteroatoms. The van der Waals surface area contributed by atoms with Crippen LogP contribution in [0.5, 0.6) is 0 Å². The van der Waals surface area contributed by atoms with Crippen molar-refractivity contribution in [3.8, 4) is 0 Å². The Labute approximate surface area is 215 Å². The first-order valence-corrected chi connectivity index (χ1v) is 13.4. The summed E-state index contributed by atoms with van der Waals surface area (Å²) in [5.41, 5.74) is 4.59. The number of likely N-dealkylation sites (N-methyl/N-ethyl adjacent to an activating group) is 1. The van der Waals surface area contributed by atoms with Crippen LogP contribution in [0.4, 0.5) is 0 Å². The van der Waals surface area contributed by atoms with Crippen molar-refractivity contribution in [1.29, 1.82) is 0 Å². The topological polar surface area (TPSA) is 65.8 Å². The van der Waals surface area contributed by atoms with Gasteiger partial charge in [-0.3, -0.25) is 4.98 Å². The van der Waals surface area contributed by atoms with Crippen molar-refractivity contribution in [2.75, 3.05) is 14.1 Å². The third-order valence-electron chi connectivity index (χ3n) is 10.6. The zero-order valence-corrected chi connectivity index (χ0v) is 22.5. The number of hydrogen-bond donors (Lipinski definition) is 2. The third kappa shape index (κ3) is 3.00. The van der Waals surface area contributed by atoms with Crippen LogP contribution in [0.25, 0.3) is 6.08 Å².